The lowest BCUT2D eigenvalue weighted by Crippen LogP contribution is -2.55. The number of halogens is 2. The van der Waals surface area contributed by atoms with Crippen molar-refractivity contribution in [3.8, 4) is 23.1 Å². The van der Waals surface area contributed by atoms with Crippen LogP contribution < -0.4 is 10.1 Å². The number of carbonyl (C=O) groups excluding carboxylic acids is 1. The Kier molecular flexibility index (Phi) is 5.61. The third kappa shape index (κ3) is 4.59. The summed E-state index contributed by atoms with van der Waals surface area (Å²) in [5, 5.41) is 21.2. The van der Waals surface area contributed by atoms with Crippen molar-refractivity contribution in [1.29, 1.82) is 5.26 Å². The fourth-order valence-corrected chi connectivity index (χ4v) is 3.42. The molecule has 2 aromatic rings. The molecule has 2 aliphatic rings. The molecule has 2 N–H and O–H groups in total. The molecule has 1 saturated heterocycles. The third-order valence-electron chi connectivity index (χ3n) is 5.34. The van der Waals surface area contributed by atoms with Crippen molar-refractivity contribution >= 4 is 17.8 Å². The van der Waals surface area contributed by atoms with Gasteiger partial charge in [0, 0.05) is 30.5 Å². The first-order valence-corrected chi connectivity index (χ1v) is 9.96. The number of alkyl halides is 2. The third-order valence-corrected chi connectivity index (χ3v) is 5.34. The minimum Gasteiger partial charge on any atom is -0.483 e. The highest BCUT2D eigenvalue weighted by atomic mass is 19.3. The van der Waals surface area contributed by atoms with E-state index in [0.29, 0.717) is 22.0 Å². The molecule has 1 aromatic heterocycles. The molecule has 0 spiro atoms. The number of hydrogen-bond acceptors (Lipinski definition) is 6. The van der Waals surface area contributed by atoms with E-state index in [1.54, 1.807) is 12.1 Å². The van der Waals surface area contributed by atoms with E-state index in [1.165, 1.54) is 18.5 Å². The van der Waals surface area contributed by atoms with E-state index in [9.17, 15) is 23.6 Å². The van der Waals surface area contributed by atoms with E-state index in [-0.39, 0.29) is 36.1 Å². The summed E-state index contributed by atoms with van der Waals surface area (Å²) in [5.41, 5.74) is 0.987. The van der Waals surface area contributed by atoms with E-state index in [4.69, 9.17) is 9.84 Å². The number of anilines is 1. The molecule has 32 heavy (non-hydrogen) atoms. The van der Waals surface area contributed by atoms with Gasteiger partial charge in [0.1, 0.15) is 24.0 Å². The normalized spacial score (nSPS) is 19.7. The zero-order chi connectivity index (χ0) is 22.9. The van der Waals surface area contributed by atoms with Crippen LogP contribution in [0, 0.1) is 17.2 Å². The number of amides is 2. The topological polar surface area (TPSA) is 128 Å². The summed E-state index contributed by atoms with van der Waals surface area (Å²) in [4.78, 5) is 31.7. The number of aromatic nitrogens is 2. The molecule has 166 valence electrons. The van der Waals surface area contributed by atoms with E-state index < -0.39 is 24.7 Å². The minimum atomic E-state index is -3.40. The summed E-state index contributed by atoms with van der Waals surface area (Å²) in [6, 6.07) is 7.91. The van der Waals surface area contributed by atoms with Gasteiger partial charge in [-0.05, 0) is 31.0 Å². The molecule has 2 fully saturated rings. The van der Waals surface area contributed by atoms with E-state index >= 15 is 0 Å². The molecule has 0 bridgehead atoms. The first kappa shape index (κ1) is 21.4. The smallest absolute Gasteiger partial charge is 0.407 e. The van der Waals surface area contributed by atoms with Gasteiger partial charge < -0.3 is 20.1 Å². The van der Waals surface area contributed by atoms with Crippen molar-refractivity contribution in [2.75, 3.05) is 18.4 Å². The molecule has 9 nitrogen and oxygen atoms in total. The Labute approximate surface area is 181 Å². The van der Waals surface area contributed by atoms with Crippen LogP contribution in [0.5, 0.6) is 5.75 Å². The number of nitrogens with zero attached hydrogens (tertiary/aromatic N) is 4. The largest absolute Gasteiger partial charge is 0.483 e. The van der Waals surface area contributed by atoms with Crippen molar-refractivity contribution in [3.63, 3.8) is 0 Å². The van der Waals surface area contributed by atoms with Crippen LogP contribution in [0.15, 0.2) is 30.6 Å². The maximum atomic E-state index is 14.4. The van der Waals surface area contributed by atoms with Crippen LogP contribution in [-0.4, -0.2) is 57.1 Å². The fourth-order valence-electron chi connectivity index (χ4n) is 3.42. The molecule has 1 aliphatic heterocycles. The first-order valence-electron chi connectivity index (χ1n) is 9.96. The van der Waals surface area contributed by atoms with Crippen LogP contribution in [-0.2, 0) is 4.79 Å². The molecule has 1 aromatic carbocycles. The van der Waals surface area contributed by atoms with Crippen LogP contribution in [0.1, 0.15) is 24.8 Å². The summed E-state index contributed by atoms with van der Waals surface area (Å²) in [7, 11) is 0. The Morgan fingerprint density at radius 3 is 2.69 bits per heavy atom. The Morgan fingerprint density at radius 1 is 1.25 bits per heavy atom. The molecule has 1 aliphatic carbocycles. The molecular formula is C21H19F2N5O4. The first-order chi connectivity index (χ1) is 15.3. The van der Waals surface area contributed by atoms with Crippen LogP contribution in [0.3, 0.4) is 0 Å². The van der Waals surface area contributed by atoms with Crippen LogP contribution >= 0.6 is 0 Å². The second-order valence-corrected chi connectivity index (χ2v) is 7.74. The van der Waals surface area contributed by atoms with Gasteiger partial charge in [-0.3, -0.25) is 4.79 Å². The second kappa shape index (κ2) is 8.37. The standard InChI is InChI=1S/C21H19F2N5O4/c22-21(23)10-28(20(30)31)6-5-17(21)32-16-4-3-13(7-14(16)9-24)15-8-18(26-11-25-15)27-19(29)12-1-2-12/h3-4,7-8,11-12,17H,1-2,5-6,10H2,(H,30,31)(H,25,26,27,29)/t17-/m0/s1. The van der Waals surface area contributed by atoms with Crippen LogP contribution in [0.2, 0.25) is 0 Å². The molecule has 1 atom stereocenters. The van der Waals surface area contributed by atoms with Crippen molar-refractivity contribution < 1.29 is 28.2 Å². The fraction of sp³-hybridized carbons (Fsp3) is 0.381. The summed E-state index contributed by atoms with van der Waals surface area (Å²) in [5.74, 6) is -3.19. The average molecular weight is 443 g/mol. The molecule has 0 unspecified atom stereocenters. The molecular weight excluding hydrogens is 424 g/mol. The molecule has 0 radical (unpaired) electrons. The van der Waals surface area contributed by atoms with Gasteiger partial charge in [0.05, 0.1) is 17.8 Å². The summed E-state index contributed by atoms with van der Waals surface area (Å²) in [6.07, 6.45) is -0.189. The number of piperidine rings is 1. The van der Waals surface area contributed by atoms with Gasteiger partial charge in [-0.1, -0.05) is 0 Å². The van der Waals surface area contributed by atoms with Gasteiger partial charge in [-0.15, -0.1) is 0 Å². The average Bonchev–Trinajstić information content (AvgIpc) is 3.60. The predicted octanol–water partition coefficient (Wildman–Crippen LogP) is 3.13. The summed E-state index contributed by atoms with van der Waals surface area (Å²) < 4.78 is 34.2. The number of nitrogens with one attached hydrogen (secondary N) is 1. The van der Waals surface area contributed by atoms with Gasteiger partial charge in [0.15, 0.2) is 6.10 Å². The quantitative estimate of drug-likeness (QED) is 0.726. The number of likely N-dealkylation sites (tertiary alicyclic amines) is 1. The van der Waals surface area contributed by atoms with E-state index in [0.717, 1.165) is 12.8 Å². The lowest BCUT2D eigenvalue weighted by Gasteiger charge is -2.36. The van der Waals surface area contributed by atoms with Gasteiger partial charge in [-0.2, -0.15) is 5.26 Å². The van der Waals surface area contributed by atoms with Gasteiger partial charge in [0.25, 0.3) is 0 Å². The highest BCUT2D eigenvalue weighted by Gasteiger charge is 2.48. The summed E-state index contributed by atoms with van der Waals surface area (Å²) in [6.45, 7) is -1.06. The Morgan fingerprint density at radius 2 is 2.03 bits per heavy atom. The molecule has 4 rings (SSSR count). The Bertz CT molecular complexity index is 1100. The summed E-state index contributed by atoms with van der Waals surface area (Å²) >= 11 is 0. The highest BCUT2D eigenvalue weighted by Crippen LogP contribution is 2.34. The SMILES string of the molecule is N#Cc1cc(-c2cc(NC(=O)C3CC3)ncn2)ccc1O[C@H]1CCN(C(=O)O)CC1(F)F. The monoisotopic (exact) mass is 443 g/mol. The highest BCUT2D eigenvalue weighted by molar-refractivity contribution is 5.93. The van der Waals surface area contributed by atoms with Crippen molar-refractivity contribution in [3.05, 3.63) is 36.2 Å². The maximum absolute atomic E-state index is 14.4. The van der Waals surface area contributed by atoms with Crippen molar-refractivity contribution in [1.82, 2.24) is 14.9 Å². The lowest BCUT2D eigenvalue weighted by atomic mass is 10.0. The van der Waals surface area contributed by atoms with Gasteiger partial charge in [0.2, 0.25) is 5.91 Å². The molecule has 1 saturated carbocycles. The van der Waals surface area contributed by atoms with Gasteiger partial charge >= 0.3 is 12.0 Å². The number of hydrogen-bond donors (Lipinski definition) is 2. The number of rotatable bonds is 5. The van der Waals surface area contributed by atoms with Crippen molar-refractivity contribution in [2.45, 2.75) is 31.3 Å². The zero-order valence-electron chi connectivity index (χ0n) is 16.8. The Balaban J connectivity index is 1.52. The van der Waals surface area contributed by atoms with Gasteiger partial charge in [-0.25, -0.2) is 23.5 Å². The number of nitriles is 1. The Hall–Kier alpha value is -3.81. The molecule has 11 heteroatoms. The number of carboxylic acid groups (broad SMARTS) is 1. The predicted molar refractivity (Wildman–Crippen MR) is 107 cm³/mol. The van der Waals surface area contributed by atoms with Crippen LogP contribution in [0.25, 0.3) is 11.3 Å². The van der Waals surface area contributed by atoms with E-state index in [1.807, 2.05) is 6.07 Å². The minimum absolute atomic E-state index is 0.00975. The number of ether oxygens (including phenoxy) is 1. The van der Waals surface area contributed by atoms with E-state index in [2.05, 4.69) is 15.3 Å². The number of carbonyl (C=O) groups is 2. The zero-order valence-corrected chi connectivity index (χ0v) is 16.8. The van der Waals surface area contributed by atoms with Crippen molar-refractivity contribution in [2.24, 2.45) is 5.92 Å². The number of benzene rings is 1. The lowest BCUT2D eigenvalue weighted by molar-refractivity contribution is -0.133. The molecule has 2 heterocycles. The second-order valence-electron chi connectivity index (χ2n) is 7.74. The maximum Gasteiger partial charge on any atom is 0.407 e. The molecule has 2 amide bonds. The van der Waals surface area contributed by atoms with Crippen LogP contribution in [0.4, 0.5) is 19.4 Å².